The summed E-state index contributed by atoms with van der Waals surface area (Å²) in [6.07, 6.45) is 1.77. The molecule has 0 radical (unpaired) electrons. The Morgan fingerprint density at radius 2 is 1.90 bits per heavy atom. The fourth-order valence-electron chi connectivity index (χ4n) is 3.30. The van der Waals surface area contributed by atoms with Crippen LogP contribution in [0.1, 0.15) is 42.1 Å². The number of anilines is 1. The average Bonchev–Trinajstić information content (AvgIpc) is 2.74. The normalized spacial score (nSPS) is 12.9. The van der Waals surface area contributed by atoms with Crippen LogP contribution in [0.15, 0.2) is 48.5 Å². The number of carbonyl (C=O) groups excluding carboxylic acids is 3. The van der Waals surface area contributed by atoms with Crippen LogP contribution in [0.5, 0.6) is 5.75 Å². The summed E-state index contributed by atoms with van der Waals surface area (Å²) in [5, 5.41) is 0. The predicted octanol–water partition coefficient (Wildman–Crippen LogP) is 3.57. The second-order valence-electron chi connectivity index (χ2n) is 6.83. The number of ether oxygens (including phenoxy) is 2. The SMILES string of the molecule is CCOC(=O)CCC(=O)c1ccc2c(c1)N(CCCc1ccccc1)C(=O)CO2. The minimum absolute atomic E-state index is 0.00547. The van der Waals surface area contributed by atoms with Gasteiger partial charge in [-0.3, -0.25) is 14.4 Å². The number of hydrogen-bond acceptors (Lipinski definition) is 5. The number of rotatable bonds is 9. The van der Waals surface area contributed by atoms with Gasteiger partial charge in [-0.25, -0.2) is 0 Å². The van der Waals surface area contributed by atoms with Gasteiger partial charge in [0.2, 0.25) is 0 Å². The standard InChI is InChI=1S/C23H25NO5/c1-2-28-23(27)13-11-20(25)18-10-12-21-19(15-18)24(22(26)16-29-21)14-6-9-17-7-4-3-5-8-17/h3-5,7-8,10,12,15H,2,6,9,11,13-14,16H2,1H3. The Morgan fingerprint density at radius 3 is 2.66 bits per heavy atom. The maximum absolute atomic E-state index is 12.5. The highest BCUT2D eigenvalue weighted by Crippen LogP contribution is 2.33. The van der Waals surface area contributed by atoms with Crippen molar-refractivity contribution < 1.29 is 23.9 Å². The number of amides is 1. The molecule has 0 saturated carbocycles. The zero-order valence-corrected chi connectivity index (χ0v) is 16.6. The van der Waals surface area contributed by atoms with Crippen molar-refractivity contribution in [1.29, 1.82) is 0 Å². The summed E-state index contributed by atoms with van der Waals surface area (Å²) >= 11 is 0. The van der Waals surface area contributed by atoms with Crippen LogP contribution in [-0.2, 0) is 20.7 Å². The molecule has 0 atom stereocenters. The van der Waals surface area contributed by atoms with Crippen LogP contribution in [0.25, 0.3) is 0 Å². The summed E-state index contributed by atoms with van der Waals surface area (Å²) in [6, 6.07) is 15.2. The van der Waals surface area contributed by atoms with Crippen LogP contribution in [0.2, 0.25) is 0 Å². The van der Waals surface area contributed by atoms with Crippen molar-refractivity contribution in [2.75, 3.05) is 24.7 Å². The molecule has 0 spiro atoms. The number of aryl methyl sites for hydroxylation is 1. The highest BCUT2D eigenvalue weighted by atomic mass is 16.5. The highest BCUT2D eigenvalue weighted by Gasteiger charge is 2.26. The van der Waals surface area contributed by atoms with E-state index in [-0.39, 0.29) is 37.1 Å². The molecular formula is C23H25NO5. The van der Waals surface area contributed by atoms with Gasteiger partial charge < -0.3 is 14.4 Å². The number of Topliss-reactive ketones (excluding diaryl/α,β-unsaturated/α-hetero) is 1. The van der Waals surface area contributed by atoms with Gasteiger partial charge >= 0.3 is 5.97 Å². The molecule has 1 aliphatic heterocycles. The molecule has 2 aromatic carbocycles. The van der Waals surface area contributed by atoms with E-state index in [1.54, 1.807) is 30.0 Å². The first-order valence-corrected chi connectivity index (χ1v) is 9.88. The molecule has 29 heavy (non-hydrogen) atoms. The molecule has 1 heterocycles. The fraction of sp³-hybridized carbons (Fsp3) is 0.348. The topological polar surface area (TPSA) is 72.9 Å². The molecule has 6 nitrogen and oxygen atoms in total. The van der Waals surface area contributed by atoms with E-state index in [1.807, 2.05) is 18.2 Å². The number of fused-ring (bicyclic) bond motifs is 1. The third kappa shape index (κ3) is 5.44. The Labute approximate surface area is 170 Å². The molecule has 1 aliphatic rings. The van der Waals surface area contributed by atoms with Crippen LogP contribution in [0, 0.1) is 0 Å². The number of esters is 1. The van der Waals surface area contributed by atoms with Crippen molar-refractivity contribution in [3.8, 4) is 5.75 Å². The maximum Gasteiger partial charge on any atom is 0.306 e. The first kappa shape index (κ1) is 20.6. The highest BCUT2D eigenvalue weighted by molar-refractivity contribution is 6.02. The summed E-state index contributed by atoms with van der Waals surface area (Å²) in [5.41, 5.74) is 2.28. The Morgan fingerprint density at radius 1 is 1.10 bits per heavy atom. The Balaban J connectivity index is 1.68. The third-order valence-electron chi connectivity index (χ3n) is 4.78. The summed E-state index contributed by atoms with van der Waals surface area (Å²) in [6.45, 7) is 2.56. The molecule has 6 heteroatoms. The largest absolute Gasteiger partial charge is 0.482 e. The van der Waals surface area contributed by atoms with Crippen molar-refractivity contribution in [3.63, 3.8) is 0 Å². The van der Waals surface area contributed by atoms with Gasteiger partial charge in [0.05, 0.1) is 18.7 Å². The maximum atomic E-state index is 12.5. The number of carbonyl (C=O) groups is 3. The number of benzene rings is 2. The number of ketones is 1. The number of nitrogens with zero attached hydrogens (tertiary/aromatic N) is 1. The monoisotopic (exact) mass is 395 g/mol. The fourth-order valence-corrected chi connectivity index (χ4v) is 3.30. The van der Waals surface area contributed by atoms with Crippen molar-refractivity contribution in [1.82, 2.24) is 0 Å². The van der Waals surface area contributed by atoms with Crippen molar-refractivity contribution in [2.45, 2.75) is 32.6 Å². The second-order valence-corrected chi connectivity index (χ2v) is 6.83. The van der Waals surface area contributed by atoms with Gasteiger partial charge in [-0.2, -0.15) is 0 Å². The molecule has 0 aliphatic carbocycles. The molecule has 0 saturated heterocycles. The zero-order valence-electron chi connectivity index (χ0n) is 16.6. The lowest BCUT2D eigenvalue weighted by Gasteiger charge is -2.29. The zero-order chi connectivity index (χ0) is 20.6. The van der Waals surface area contributed by atoms with Crippen LogP contribution in [0.3, 0.4) is 0 Å². The lowest BCUT2D eigenvalue weighted by molar-refractivity contribution is -0.143. The minimum atomic E-state index is -0.389. The van der Waals surface area contributed by atoms with Gasteiger partial charge in [0.1, 0.15) is 5.75 Å². The second kappa shape index (κ2) is 9.87. The molecule has 1 amide bonds. The molecule has 2 aromatic rings. The Kier molecular flexibility index (Phi) is 7.00. The average molecular weight is 395 g/mol. The molecule has 152 valence electrons. The molecule has 0 bridgehead atoms. The lowest BCUT2D eigenvalue weighted by Crippen LogP contribution is -2.39. The van der Waals surface area contributed by atoms with Gasteiger partial charge in [-0.1, -0.05) is 30.3 Å². The van der Waals surface area contributed by atoms with Crippen LogP contribution in [0.4, 0.5) is 5.69 Å². The first-order chi connectivity index (χ1) is 14.1. The molecule has 0 aromatic heterocycles. The minimum Gasteiger partial charge on any atom is -0.482 e. The van der Waals surface area contributed by atoms with E-state index in [9.17, 15) is 14.4 Å². The van der Waals surface area contributed by atoms with Gasteiger partial charge in [0.15, 0.2) is 12.4 Å². The van der Waals surface area contributed by atoms with Gasteiger partial charge in [0.25, 0.3) is 5.91 Å². The summed E-state index contributed by atoms with van der Waals surface area (Å²) in [5.74, 6) is -0.0871. The van der Waals surface area contributed by atoms with E-state index >= 15 is 0 Å². The van der Waals surface area contributed by atoms with E-state index in [2.05, 4.69) is 12.1 Å². The smallest absolute Gasteiger partial charge is 0.306 e. The van der Waals surface area contributed by atoms with Gasteiger partial charge in [-0.15, -0.1) is 0 Å². The Bertz CT molecular complexity index is 878. The lowest BCUT2D eigenvalue weighted by atomic mass is 10.0. The van der Waals surface area contributed by atoms with Crippen molar-refractivity contribution >= 4 is 23.3 Å². The molecule has 0 N–H and O–H groups in total. The van der Waals surface area contributed by atoms with E-state index in [1.165, 1.54) is 5.56 Å². The van der Waals surface area contributed by atoms with Crippen LogP contribution >= 0.6 is 0 Å². The van der Waals surface area contributed by atoms with Crippen LogP contribution < -0.4 is 9.64 Å². The van der Waals surface area contributed by atoms with Gasteiger partial charge in [0, 0.05) is 18.5 Å². The summed E-state index contributed by atoms with van der Waals surface area (Å²) in [4.78, 5) is 38.1. The van der Waals surface area contributed by atoms with E-state index in [0.29, 0.717) is 30.2 Å². The van der Waals surface area contributed by atoms with E-state index < -0.39 is 0 Å². The molecular weight excluding hydrogens is 370 g/mol. The quantitative estimate of drug-likeness (QED) is 0.479. The van der Waals surface area contributed by atoms with E-state index in [0.717, 1.165) is 12.8 Å². The van der Waals surface area contributed by atoms with Crippen molar-refractivity contribution in [2.24, 2.45) is 0 Å². The van der Waals surface area contributed by atoms with Crippen molar-refractivity contribution in [3.05, 3.63) is 59.7 Å². The molecule has 3 rings (SSSR count). The summed E-state index contributed by atoms with van der Waals surface area (Å²) < 4.78 is 10.4. The summed E-state index contributed by atoms with van der Waals surface area (Å²) in [7, 11) is 0. The first-order valence-electron chi connectivity index (χ1n) is 9.88. The third-order valence-corrected chi connectivity index (χ3v) is 4.78. The predicted molar refractivity (Wildman–Crippen MR) is 109 cm³/mol. The Hall–Kier alpha value is -3.15. The van der Waals surface area contributed by atoms with Gasteiger partial charge in [-0.05, 0) is 43.5 Å². The van der Waals surface area contributed by atoms with E-state index in [4.69, 9.17) is 9.47 Å². The number of hydrogen-bond donors (Lipinski definition) is 0. The molecule has 0 fully saturated rings. The molecule has 0 unspecified atom stereocenters. The van der Waals surface area contributed by atoms with Crippen LogP contribution in [-0.4, -0.2) is 37.4 Å².